The fraction of sp³-hybridized carbons (Fsp3) is 0.304. The predicted octanol–water partition coefficient (Wildman–Crippen LogP) is 3.51. The van der Waals surface area contributed by atoms with Crippen LogP contribution in [-0.2, 0) is 27.2 Å². The van der Waals surface area contributed by atoms with E-state index in [0.29, 0.717) is 19.3 Å². The van der Waals surface area contributed by atoms with Crippen molar-refractivity contribution in [2.75, 3.05) is 13.7 Å². The monoisotopic (exact) mass is 495 g/mol. The molecule has 0 aromatic heterocycles. The van der Waals surface area contributed by atoms with Crippen molar-refractivity contribution >= 4 is 46.8 Å². The highest BCUT2D eigenvalue weighted by molar-refractivity contribution is 8.15. The molecule has 1 aliphatic heterocycles. The van der Waals surface area contributed by atoms with Crippen molar-refractivity contribution in [3.05, 3.63) is 64.7 Å². The fourth-order valence-electron chi connectivity index (χ4n) is 2.63. The van der Waals surface area contributed by atoms with Gasteiger partial charge in [-0.3, -0.25) is 19.7 Å². The molecule has 1 saturated heterocycles. The van der Waals surface area contributed by atoms with Crippen molar-refractivity contribution in [1.82, 2.24) is 5.32 Å². The lowest BCUT2D eigenvalue weighted by Gasteiger charge is -2.09. The van der Waals surface area contributed by atoms with Crippen LogP contribution in [0.4, 0.5) is 4.79 Å². The topological polar surface area (TPSA) is 130 Å². The van der Waals surface area contributed by atoms with Crippen LogP contribution in [0.1, 0.15) is 24.0 Å². The predicted molar refractivity (Wildman–Crippen MR) is 127 cm³/mol. The summed E-state index contributed by atoms with van der Waals surface area (Å²) >= 11 is 7.00. The lowest BCUT2D eigenvalue weighted by atomic mass is 10.1. The normalized spacial score (nSPS) is 14.2. The van der Waals surface area contributed by atoms with Crippen LogP contribution < -0.4 is 10.1 Å². The van der Waals surface area contributed by atoms with Crippen LogP contribution in [0.2, 0.25) is 5.02 Å². The van der Waals surface area contributed by atoms with Crippen molar-refractivity contribution in [2.24, 2.45) is 0 Å². The third kappa shape index (κ3) is 11.5. The zero-order chi connectivity index (χ0) is 24.6. The number of ether oxygens (including phenoxy) is 1. The van der Waals surface area contributed by atoms with E-state index < -0.39 is 5.97 Å². The van der Waals surface area contributed by atoms with Gasteiger partial charge in [0.2, 0.25) is 5.91 Å². The molecule has 3 rings (SSSR count). The van der Waals surface area contributed by atoms with Gasteiger partial charge in [0.25, 0.3) is 5.24 Å². The van der Waals surface area contributed by atoms with E-state index in [-0.39, 0.29) is 29.2 Å². The van der Waals surface area contributed by atoms with E-state index in [2.05, 4.69) is 5.32 Å². The van der Waals surface area contributed by atoms with Gasteiger partial charge in [0.1, 0.15) is 12.0 Å². The first-order valence-corrected chi connectivity index (χ1v) is 11.2. The Kier molecular flexibility index (Phi) is 13.5. The smallest absolute Gasteiger partial charge is 0.303 e. The highest BCUT2D eigenvalue weighted by Crippen LogP contribution is 2.24. The Morgan fingerprint density at radius 3 is 2.36 bits per heavy atom. The van der Waals surface area contributed by atoms with Crippen molar-refractivity contribution in [3.8, 4) is 5.75 Å². The van der Waals surface area contributed by atoms with Crippen LogP contribution >= 0.6 is 23.4 Å². The molecule has 1 unspecified atom stereocenters. The number of carbonyl (C=O) groups excluding carboxylic acids is 3. The standard InChI is InChI=1S/C18H16ClNO3S.C4H6O3.CH4O/c19-14-3-1-2-12(10-14)8-9-23-15-6-4-13(5-7-15)11-16-17(21)20-18(22)24-16;5-3-1-2-4(6)7;1-2/h1-7,10,16H,8-9,11H2,(H,20,21,22);3H,1-2H2,(H,6,7);2H,1H3. The number of benzene rings is 2. The number of imide groups is 1. The Morgan fingerprint density at radius 1 is 1.15 bits per heavy atom. The number of carbonyl (C=O) groups is 4. The number of halogens is 1. The van der Waals surface area contributed by atoms with Crippen molar-refractivity contribution in [2.45, 2.75) is 30.9 Å². The Balaban J connectivity index is 0.000000520. The van der Waals surface area contributed by atoms with Gasteiger partial charge in [-0.25, -0.2) is 0 Å². The molecule has 0 aliphatic carbocycles. The van der Waals surface area contributed by atoms with Gasteiger partial charge in [0.05, 0.1) is 18.3 Å². The Morgan fingerprint density at radius 2 is 1.85 bits per heavy atom. The summed E-state index contributed by atoms with van der Waals surface area (Å²) in [5.41, 5.74) is 2.13. The van der Waals surface area contributed by atoms with Gasteiger partial charge in [-0.05, 0) is 41.8 Å². The second-order valence-electron chi connectivity index (χ2n) is 6.56. The number of hydrogen-bond donors (Lipinski definition) is 3. The number of hydrogen-bond acceptors (Lipinski definition) is 7. The van der Waals surface area contributed by atoms with E-state index in [1.54, 1.807) is 0 Å². The number of aliphatic hydroxyl groups excluding tert-OH is 1. The molecule has 0 spiro atoms. The van der Waals surface area contributed by atoms with Crippen LogP contribution in [0.25, 0.3) is 0 Å². The van der Waals surface area contributed by atoms with Gasteiger partial charge in [-0.15, -0.1) is 0 Å². The molecule has 1 atom stereocenters. The van der Waals surface area contributed by atoms with Crippen molar-refractivity contribution < 1.29 is 34.1 Å². The third-order valence-corrected chi connectivity index (χ3v) is 5.35. The summed E-state index contributed by atoms with van der Waals surface area (Å²) < 4.78 is 5.73. The number of thioether (sulfide) groups is 1. The molecule has 8 nitrogen and oxygen atoms in total. The summed E-state index contributed by atoms with van der Waals surface area (Å²) in [5.74, 6) is -0.362. The molecule has 0 saturated carbocycles. The summed E-state index contributed by atoms with van der Waals surface area (Å²) in [4.78, 5) is 41.8. The molecule has 0 bridgehead atoms. The lowest BCUT2D eigenvalue weighted by molar-refractivity contribution is -0.137. The Bertz CT molecular complexity index is 921. The van der Waals surface area contributed by atoms with Crippen LogP contribution in [0.3, 0.4) is 0 Å². The first-order valence-electron chi connectivity index (χ1n) is 9.95. The molecule has 1 heterocycles. The Hall–Kier alpha value is -2.88. The number of aliphatic hydroxyl groups is 1. The van der Waals surface area contributed by atoms with E-state index >= 15 is 0 Å². The second-order valence-corrected chi connectivity index (χ2v) is 8.17. The quantitative estimate of drug-likeness (QED) is 0.450. The number of aldehydes is 1. The highest BCUT2D eigenvalue weighted by Gasteiger charge is 2.31. The number of amides is 2. The average Bonchev–Trinajstić information content (AvgIpc) is 3.12. The first kappa shape index (κ1) is 28.2. The summed E-state index contributed by atoms with van der Waals surface area (Å²) in [5, 5.41) is 17.3. The zero-order valence-electron chi connectivity index (χ0n) is 18.0. The zero-order valence-corrected chi connectivity index (χ0v) is 19.6. The summed E-state index contributed by atoms with van der Waals surface area (Å²) in [7, 11) is 1.00. The Labute approximate surface area is 201 Å². The number of carboxylic acid groups (broad SMARTS) is 1. The SMILES string of the molecule is CO.O=C1NC(=O)C(Cc2ccc(OCCc3cccc(Cl)c3)cc2)S1.O=CCCC(=O)O. The number of aliphatic carboxylic acids is 1. The number of rotatable bonds is 9. The minimum absolute atomic E-state index is 0.0521. The molecule has 2 amide bonds. The number of nitrogens with one attached hydrogen (secondary N) is 1. The molecule has 178 valence electrons. The molecular weight excluding hydrogens is 470 g/mol. The van der Waals surface area contributed by atoms with Gasteiger partial charge < -0.3 is 19.7 Å². The maximum atomic E-state index is 11.6. The third-order valence-electron chi connectivity index (χ3n) is 4.14. The van der Waals surface area contributed by atoms with Crippen molar-refractivity contribution in [1.29, 1.82) is 0 Å². The maximum Gasteiger partial charge on any atom is 0.303 e. The lowest BCUT2D eigenvalue weighted by Crippen LogP contribution is -2.25. The van der Waals surface area contributed by atoms with Gasteiger partial charge in [-0.2, -0.15) is 0 Å². The van der Waals surface area contributed by atoms with E-state index in [0.717, 1.165) is 47.2 Å². The maximum absolute atomic E-state index is 11.6. The summed E-state index contributed by atoms with van der Waals surface area (Å²) in [6.07, 6.45) is 1.97. The molecular formula is C23H26ClNO7S. The second kappa shape index (κ2) is 15.8. The van der Waals surface area contributed by atoms with E-state index in [1.165, 1.54) is 0 Å². The van der Waals surface area contributed by atoms with Gasteiger partial charge >= 0.3 is 5.97 Å². The van der Waals surface area contributed by atoms with Crippen LogP contribution in [0, 0.1) is 0 Å². The molecule has 0 radical (unpaired) electrons. The van der Waals surface area contributed by atoms with Gasteiger partial charge in [0, 0.05) is 25.0 Å². The highest BCUT2D eigenvalue weighted by atomic mass is 35.5. The van der Waals surface area contributed by atoms with Gasteiger partial charge in [0.15, 0.2) is 0 Å². The van der Waals surface area contributed by atoms with E-state index in [9.17, 15) is 19.2 Å². The summed E-state index contributed by atoms with van der Waals surface area (Å²) in [6, 6.07) is 15.3. The largest absolute Gasteiger partial charge is 0.493 e. The van der Waals surface area contributed by atoms with Crippen LogP contribution in [-0.4, -0.2) is 52.6 Å². The number of carboxylic acids is 1. The molecule has 1 fully saturated rings. The molecule has 3 N–H and O–H groups in total. The average molecular weight is 496 g/mol. The van der Waals surface area contributed by atoms with Crippen LogP contribution in [0.15, 0.2) is 48.5 Å². The molecule has 2 aromatic carbocycles. The molecule has 2 aromatic rings. The van der Waals surface area contributed by atoms with E-state index in [1.807, 2.05) is 48.5 Å². The summed E-state index contributed by atoms with van der Waals surface area (Å²) in [6.45, 7) is 0.565. The minimum atomic E-state index is -0.924. The van der Waals surface area contributed by atoms with Crippen molar-refractivity contribution in [3.63, 3.8) is 0 Å². The van der Waals surface area contributed by atoms with Gasteiger partial charge in [-0.1, -0.05) is 47.6 Å². The minimum Gasteiger partial charge on any atom is -0.493 e. The first-order chi connectivity index (χ1) is 15.9. The van der Waals surface area contributed by atoms with E-state index in [4.69, 9.17) is 26.6 Å². The fourth-order valence-corrected chi connectivity index (χ4v) is 3.70. The molecule has 1 aliphatic rings. The molecule has 33 heavy (non-hydrogen) atoms. The molecule has 10 heteroatoms. The van der Waals surface area contributed by atoms with Crippen LogP contribution in [0.5, 0.6) is 5.75 Å².